The van der Waals surface area contributed by atoms with Crippen LogP contribution >= 0.6 is 11.6 Å². The van der Waals surface area contributed by atoms with Crippen LogP contribution in [0.5, 0.6) is 0 Å². The van der Waals surface area contributed by atoms with Crippen LogP contribution in [0.15, 0.2) is 36.4 Å². The second-order valence-corrected chi connectivity index (χ2v) is 5.62. The maximum absolute atomic E-state index is 12.4. The first-order valence-corrected chi connectivity index (χ1v) is 7.14. The first-order chi connectivity index (χ1) is 10.1. The van der Waals surface area contributed by atoms with Gasteiger partial charge in [-0.25, -0.2) is 0 Å². The fourth-order valence-corrected chi connectivity index (χ4v) is 2.83. The Labute approximate surface area is 128 Å². The van der Waals surface area contributed by atoms with Crippen LogP contribution in [0, 0.1) is 6.92 Å². The van der Waals surface area contributed by atoms with Gasteiger partial charge in [-0.15, -0.1) is 0 Å². The summed E-state index contributed by atoms with van der Waals surface area (Å²) in [7, 11) is -0.935. The van der Waals surface area contributed by atoms with E-state index in [9.17, 15) is 9.82 Å². The molecule has 0 atom stereocenters. The number of rotatable bonds is 3. The van der Waals surface area contributed by atoms with Gasteiger partial charge in [0, 0.05) is 17.0 Å². The van der Waals surface area contributed by atoms with Gasteiger partial charge in [-0.05, 0) is 35.1 Å². The highest BCUT2D eigenvalue weighted by Gasteiger charge is 2.28. The minimum absolute atomic E-state index is 0.0203. The van der Waals surface area contributed by atoms with Crippen molar-refractivity contribution in [1.82, 2.24) is 0 Å². The van der Waals surface area contributed by atoms with Gasteiger partial charge < -0.3 is 9.68 Å². The second kappa shape index (κ2) is 5.64. The number of aryl methyl sites for hydroxylation is 1. The number of Topliss-reactive ketones (excluding diaryl/α,β-unsaturated/α-hetero) is 1. The van der Waals surface area contributed by atoms with E-state index in [1.165, 1.54) is 0 Å². The SMILES string of the molecule is Cc1cccc(Cl)c1CC(=O)c1ccc2c(c1)B(O)OC2. The summed E-state index contributed by atoms with van der Waals surface area (Å²) in [6.45, 7) is 2.32. The van der Waals surface area contributed by atoms with Crippen molar-refractivity contribution in [1.29, 1.82) is 0 Å². The molecule has 0 spiro atoms. The molecule has 3 nitrogen and oxygen atoms in total. The fourth-order valence-electron chi connectivity index (χ4n) is 2.54. The van der Waals surface area contributed by atoms with Crippen LogP contribution in [0.1, 0.15) is 27.0 Å². The summed E-state index contributed by atoms with van der Waals surface area (Å²) in [4.78, 5) is 12.4. The van der Waals surface area contributed by atoms with Gasteiger partial charge in [0.25, 0.3) is 0 Å². The molecule has 1 aliphatic rings. The largest absolute Gasteiger partial charge is 0.491 e. The van der Waals surface area contributed by atoms with Crippen LogP contribution in [-0.2, 0) is 17.7 Å². The predicted octanol–water partition coefficient (Wildman–Crippen LogP) is 2.29. The molecule has 0 aromatic heterocycles. The Bertz CT molecular complexity index is 694. The van der Waals surface area contributed by atoms with Crippen molar-refractivity contribution in [2.45, 2.75) is 20.0 Å². The molecule has 0 saturated carbocycles. The molecule has 21 heavy (non-hydrogen) atoms. The molecule has 5 heteroatoms. The van der Waals surface area contributed by atoms with Gasteiger partial charge in [0.15, 0.2) is 5.78 Å². The summed E-state index contributed by atoms with van der Waals surface area (Å²) in [5, 5.41) is 10.3. The molecule has 3 rings (SSSR count). The average molecular weight is 301 g/mol. The molecule has 106 valence electrons. The molecule has 1 N–H and O–H groups in total. The maximum Gasteiger partial charge on any atom is 0.491 e. The van der Waals surface area contributed by atoms with Crippen LogP contribution in [0.25, 0.3) is 0 Å². The lowest BCUT2D eigenvalue weighted by molar-refractivity contribution is 0.0993. The number of carbonyl (C=O) groups is 1. The third-order valence-electron chi connectivity index (χ3n) is 3.82. The molecule has 0 bridgehead atoms. The van der Waals surface area contributed by atoms with Crippen molar-refractivity contribution in [3.63, 3.8) is 0 Å². The monoisotopic (exact) mass is 300 g/mol. The van der Waals surface area contributed by atoms with E-state index in [-0.39, 0.29) is 12.2 Å². The van der Waals surface area contributed by atoms with Crippen molar-refractivity contribution in [3.8, 4) is 0 Å². The zero-order chi connectivity index (χ0) is 15.0. The highest BCUT2D eigenvalue weighted by atomic mass is 35.5. The molecular formula is C16H14BClO3. The molecule has 0 fully saturated rings. The van der Waals surface area contributed by atoms with Crippen molar-refractivity contribution in [2.24, 2.45) is 0 Å². The molecule has 2 aromatic rings. The number of fused-ring (bicyclic) bond motifs is 1. The van der Waals surface area contributed by atoms with Crippen LogP contribution < -0.4 is 5.46 Å². The summed E-state index contributed by atoms with van der Waals surface area (Å²) in [5.74, 6) is -0.0203. The molecule has 1 aliphatic heterocycles. The number of halogens is 1. The smallest absolute Gasteiger partial charge is 0.423 e. The van der Waals surface area contributed by atoms with E-state index in [4.69, 9.17) is 16.3 Å². The van der Waals surface area contributed by atoms with Crippen molar-refractivity contribution in [2.75, 3.05) is 0 Å². The molecule has 2 aromatic carbocycles. The van der Waals surface area contributed by atoms with E-state index in [2.05, 4.69) is 0 Å². The average Bonchev–Trinajstić information content (AvgIpc) is 2.84. The Morgan fingerprint density at radius 2 is 2.19 bits per heavy atom. The van der Waals surface area contributed by atoms with Crippen molar-refractivity contribution >= 4 is 30.0 Å². The molecule has 0 amide bonds. The molecule has 0 radical (unpaired) electrons. The lowest BCUT2D eigenvalue weighted by atomic mass is 9.78. The molecule has 1 heterocycles. The fraction of sp³-hybridized carbons (Fsp3) is 0.188. The Balaban J connectivity index is 1.88. The lowest BCUT2D eigenvalue weighted by Gasteiger charge is -2.08. The van der Waals surface area contributed by atoms with E-state index in [1.54, 1.807) is 18.2 Å². The third-order valence-corrected chi connectivity index (χ3v) is 4.18. The number of ketones is 1. The number of carbonyl (C=O) groups excluding carboxylic acids is 1. The van der Waals surface area contributed by atoms with Gasteiger partial charge in [-0.1, -0.05) is 41.9 Å². The number of benzene rings is 2. The molecular weight excluding hydrogens is 286 g/mol. The van der Waals surface area contributed by atoms with Gasteiger partial charge in [-0.3, -0.25) is 4.79 Å². The topological polar surface area (TPSA) is 46.5 Å². The molecule has 0 unspecified atom stereocenters. The van der Waals surface area contributed by atoms with Crippen LogP contribution in [0.4, 0.5) is 0 Å². The zero-order valence-electron chi connectivity index (χ0n) is 11.6. The zero-order valence-corrected chi connectivity index (χ0v) is 12.4. The van der Waals surface area contributed by atoms with Crippen molar-refractivity contribution in [3.05, 3.63) is 63.7 Å². The van der Waals surface area contributed by atoms with Gasteiger partial charge in [0.2, 0.25) is 0 Å². The van der Waals surface area contributed by atoms with Crippen LogP contribution in [0.2, 0.25) is 5.02 Å². The summed E-state index contributed by atoms with van der Waals surface area (Å²) < 4.78 is 5.14. The standard InChI is InChI=1S/C16H14BClO3/c1-10-3-2-4-15(18)13(10)8-16(19)11-5-6-12-9-21-17(20)14(12)7-11/h2-7,20H,8-9H2,1H3. The Morgan fingerprint density at radius 3 is 2.95 bits per heavy atom. The van der Waals surface area contributed by atoms with Gasteiger partial charge in [0.1, 0.15) is 0 Å². The molecule has 0 saturated heterocycles. The Kier molecular flexibility index (Phi) is 3.85. The van der Waals surface area contributed by atoms with Crippen molar-refractivity contribution < 1.29 is 14.5 Å². The number of hydrogen-bond acceptors (Lipinski definition) is 3. The third kappa shape index (κ3) is 2.75. The van der Waals surface area contributed by atoms with E-state index >= 15 is 0 Å². The predicted molar refractivity (Wildman–Crippen MR) is 83.1 cm³/mol. The van der Waals surface area contributed by atoms with E-state index in [0.717, 1.165) is 16.7 Å². The lowest BCUT2D eigenvalue weighted by Crippen LogP contribution is -2.28. The minimum Gasteiger partial charge on any atom is -0.423 e. The van der Waals surface area contributed by atoms with E-state index < -0.39 is 7.12 Å². The van der Waals surface area contributed by atoms with E-state index in [1.807, 2.05) is 25.1 Å². The minimum atomic E-state index is -0.935. The normalized spacial score (nSPS) is 13.4. The number of hydrogen-bond donors (Lipinski definition) is 1. The van der Waals surface area contributed by atoms with Crippen LogP contribution in [-0.4, -0.2) is 17.9 Å². The van der Waals surface area contributed by atoms with Crippen LogP contribution in [0.3, 0.4) is 0 Å². The van der Waals surface area contributed by atoms with Gasteiger partial charge >= 0.3 is 7.12 Å². The summed E-state index contributed by atoms with van der Waals surface area (Å²) in [5.41, 5.74) is 4.02. The van der Waals surface area contributed by atoms with Gasteiger partial charge in [0.05, 0.1) is 6.61 Å². The second-order valence-electron chi connectivity index (χ2n) is 5.21. The van der Waals surface area contributed by atoms with E-state index in [0.29, 0.717) is 22.7 Å². The first-order valence-electron chi connectivity index (χ1n) is 6.76. The summed E-state index contributed by atoms with van der Waals surface area (Å²) >= 11 is 6.17. The van der Waals surface area contributed by atoms with Gasteiger partial charge in [-0.2, -0.15) is 0 Å². The summed E-state index contributed by atoms with van der Waals surface area (Å²) in [6.07, 6.45) is 0.251. The first kappa shape index (κ1) is 14.3. The Hall–Kier alpha value is -1.62. The maximum atomic E-state index is 12.4. The molecule has 0 aliphatic carbocycles. The highest BCUT2D eigenvalue weighted by molar-refractivity contribution is 6.61. The Morgan fingerprint density at radius 1 is 1.38 bits per heavy atom. The highest BCUT2D eigenvalue weighted by Crippen LogP contribution is 2.22. The quantitative estimate of drug-likeness (QED) is 0.699. The summed E-state index contributed by atoms with van der Waals surface area (Å²) in [6, 6.07) is 10.9.